The van der Waals surface area contributed by atoms with E-state index in [-0.39, 0.29) is 23.6 Å². The van der Waals surface area contributed by atoms with Crippen molar-refractivity contribution in [2.24, 2.45) is 5.92 Å². The van der Waals surface area contributed by atoms with Gasteiger partial charge < -0.3 is 15.5 Å². The molecule has 2 aromatic carbocycles. The van der Waals surface area contributed by atoms with Gasteiger partial charge in [0, 0.05) is 36.7 Å². The first-order valence-corrected chi connectivity index (χ1v) is 11.0. The molecule has 1 unspecified atom stereocenters. The Morgan fingerprint density at radius 1 is 1.00 bits per heavy atom. The molecule has 31 heavy (non-hydrogen) atoms. The zero-order valence-corrected chi connectivity index (χ0v) is 18.1. The molecule has 0 spiro atoms. The Morgan fingerprint density at radius 2 is 1.68 bits per heavy atom. The van der Waals surface area contributed by atoms with Crippen molar-refractivity contribution in [1.82, 2.24) is 10.2 Å². The molecule has 6 nitrogen and oxygen atoms in total. The van der Waals surface area contributed by atoms with Crippen molar-refractivity contribution in [3.8, 4) is 0 Å². The van der Waals surface area contributed by atoms with Gasteiger partial charge in [-0.05, 0) is 54.2 Å². The van der Waals surface area contributed by atoms with Gasteiger partial charge in [0.1, 0.15) is 6.04 Å². The van der Waals surface area contributed by atoms with Gasteiger partial charge in [0.25, 0.3) is 5.91 Å². The van der Waals surface area contributed by atoms with Crippen LogP contribution in [-0.2, 0) is 22.6 Å². The third kappa shape index (κ3) is 5.13. The number of hydrogen-bond donors (Lipinski definition) is 2. The number of rotatable bonds is 6. The summed E-state index contributed by atoms with van der Waals surface area (Å²) in [6.45, 7) is 4.46. The van der Waals surface area contributed by atoms with E-state index < -0.39 is 6.04 Å². The summed E-state index contributed by atoms with van der Waals surface area (Å²) in [5.41, 5.74) is 3.38. The Labute approximate surface area is 183 Å². The molecule has 1 aliphatic heterocycles. The van der Waals surface area contributed by atoms with Gasteiger partial charge in [-0.15, -0.1) is 0 Å². The van der Waals surface area contributed by atoms with Crippen LogP contribution in [0, 0.1) is 5.92 Å². The first-order valence-electron chi connectivity index (χ1n) is 11.0. The third-order valence-electron chi connectivity index (χ3n) is 5.78. The minimum absolute atomic E-state index is 0.00301. The summed E-state index contributed by atoms with van der Waals surface area (Å²) in [7, 11) is 0. The van der Waals surface area contributed by atoms with Crippen molar-refractivity contribution in [2.75, 3.05) is 5.32 Å². The number of nitrogens with zero attached hydrogens (tertiary/aromatic N) is 1. The molecule has 162 valence electrons. The molecule has 0 aromatic heterocycles. The number of carbonyl (C=O) groups is 3. The van der Waals surface area contributed by atoms with Gasteiger partial charge in [0.2, 0.25) is 11.8 Å². The molecular weight excluding hydrogens is 390 g/mol. The largest absolute Gasteiger partial charge is 0.349 e. The third-order valence-corrected chi connectivity index (χ3v) is 5.78. The molecule has 2 aliphatic rings. The van der Waals surface area contributed by atoms with E-state index in [0.29, 0.717) is 36.7 Å². The Balaban J connectivity index is 1.48. The summed E-state index contributed by atoms with van der Waals surface area (Å²) in [4.78, 5) is 39.9. The van der Waals surface area contributed by atoms with Gasteiger partial charge in [-0.25, -0.2) is 0 Å². The van der Waals surface area contributed by atoms with Crippen LogP contribution in [0.5, 0.6) is 0 Å². The van der Waals surface area contributed by atoms with Crippen molar-refractivity contribution in [3.63, 3.8) is 0 Å². The smallest absolute Gasteiger partial charge is 0.251 e. The molecule has 4 rings (SSSR count). The molecule has 2 N–H and O–H groups in total. The maximum atomic E-state index is 13.2. The maximum Gasteiger partial charge on any atom is 0.251 e. The number of hydrogen-bond acceptors (Lipinski definition) is 3. The highest BCUT2D eigenvalue weighted by Crippen LogP contribution is 2.26. The van der Waals surface area contributed by atoms with E-state index in [2.05, 4.69) is 10.6 Å². The highest BCUT2D eigenvalue weighted by atomic mass is 16.2. The first kappa shape index (κ1) is 21.1. The lowest BCUT2D eigenvalue weighted by molar-refractivity contribution is -0.140. The molecule has 1 heterocycles. The Hall–Kier alpha value is -3.15. The van der Waals surface area contributed by atoms with Crippen molar-refractivity contribution >= 4 is 23.4 Å². The van der Waals surface area contributed by atoms with Crippen molar-refractivity contribution in [1.29, 1.82) is 0 Å². The SMILES string of the molecule is CC(C)CC(=O)N1Cc2ccccc2CC1C(=O)Nc1ccc(C(=O)NC2CC2)cc1. The number of carbonyl (C=O) groups excluding carboxylic acids is 3. The van der Waals surface area contributed by atoms with Gasteiger partial charge >= 0.3 is 0 Å². The van der Waals surface area contributed by atoms with Gasteiger partial charge in [0.15, 0.2) is 0 Å². The van der Waals surface area contributed by atoms with Crippen molar-refractivity contribution in [3.05, 3.63) is 65.2 Å². The predicted molar refractivity (Wildman–Crippen MR) is 119 cm³/mol. The average Bonchev–Trinajstić information content (AvgIpc) is 3.56. The fraction of sp³-hybridized carbons (Fsp3) is 0.400. The van der Waals surface area contributed by atoms with Gasteiger partial charge in [-0.3, -0.25) is 14.4 Å². The molecule has 2 aromatic rings. The molecule has 0 radical (unpaired) electrons. The number of nitrogens with one attached hydrogen (secondary N) is 2. The zero-order valence-electron chi connectivity index (χ0n) is 18.1. The highest BCUT2D eigenvalue weighted by Gasteiger charge is 2.34. The summed E-state index contributed by atoms with van der Waals surface area (Å²) in [5.74, 6) is -0.0732. The fourth-order valence-electron chi connectivity index (χ4n) is 3.91. The molecule has 0 saturated heterocycles. The number of amides is 3. The Bertz CT molecular complexity index is 980. The van der Waals surface area contributed by atoms with Crippen LogP contribution in [0.2, 0.25) is 0 Å². The van der Waals surface area contributed by atoms with Crippen LogP contribution in [-0.4, -0.2) is 34.7 Å². The van der Waals surface area contributed by atoms with E-state index in [4.69, 9.17) is 0 Å². The molecule has 0 bridgehead atoms. The highest BCUT2D eigenvalue weighted by molar-refractivity contribution is 5.99. The Kier molecular flexibility index (Phi) is 6.07. The second-order valence-electron chi connectivity index (χ2n) is 8.92. The topological polar surface area (TPSA) is 78.5 Å². The fourth-order valence-corrected chi connectivity index (χ4v) is 3.91. The van der Waals surface area contributed by atoms with E-state index in [1.807, 2.05) is 38.1 Å². The van der Waals surface area contributed by atoms with Crippen LogP contribution in [0.25, 0.3) is 0 Å². The number of fused-ring (bicyclic) bond motifs is 1. The second-order valence-corrected chi connectivity index (χ2v) is 8.92. The zero-order chi connectivity index (χ0) is 22.0. The normalized spacial score (nSPS) is 17.8. The summed E-state index contributed by atoms with van der Waals surface area (Å²) < 4.78 is 0. The minimum atomic E-state index is -0.556. The Morgan fingerprint density at radius 3 is 2.32 bits per heavy atom. The maximum absolute atomic E-state index is 13.2. The van der Waals surface area contributed by atoms with Crippen LogP contribution in [0.15, 0.2) is 48.5 Å². The minimum Gasteiger partial charge on any atom is -0.349 e. The second kappa shape index (κ2) is 8.92. The van der Waals surface area contributed by atoms with E-state index in [0.717, 1.165) is 24.0 Å². The molecule has 1 atom stereocenters. The van der Waals surface area contributed by atoms with Crippen LogP contribution < -0.4 is 10.6 Å². The lowest BCUT2D eigenvalue weighted by Gasteiger charge is -2.36. The number of anilines is 1. The molecule has 6 heteroatoms. The summed E-state index contributed by atoms with van der Waals surface area (Å²) in [6.07, 6.45) is 2.98. The molecule has 3 amide bonds. The van der Waals surface area contributed by atoms with E-state index in [9.17, 15) is 14.4 Å². The standard InChI is InChI=1S/C25H29N3O3/c1-16(2)13-23(29)28-15-19-6-4-3-5-18(19)14-22(28)25(31)27-20-9-7-17(8-10-20)24(30)26-21-11-12-21/h3-10,16,21-22H,11-15H2,1-2H3,(H,26,30)(H,27,31). The van der Waals surface area contributed by atoms with Gasteiger partial charge in [0.05, 0.1) is 0 Å². The van der Waals surface area contributed by atoms with Crippen LogP contribution >= 0.6 is 0 Å². The van der Waals surface area contributed by atoms with Gasteiger partial charge in [-0.1, -0.05) is 38.1 Å². The number of benzene rings is 2. The average molecular weight is 420 g/mol. The van der Waals surface area contributed by atoms with Crippen LogP contribution in [0.4, 0.5) is 5.69 Å². The van der Waals surface area contributed by atoms with Crippen molar-refractivity contribution < 1.29 is 14.4 Å². The molecule has 1 fully saturated rings. The lowest BCUT2D eigenvalue weighted by atomic mass is 9.92. The monoisotopic (exact) mass is 419 g/mol. The van der Waals surface area contributed by atoms with E-state index in [1.54, 1.807) is 29.2 Å². The summed E-state index contributed by atoms with van der Waals surface area (Å²) in [6, 6.07) is 14.6. The van der Waals surface area contributed by atoms with E-state index in [1.165, 1.54) is 0 Å². The van der Waals surface area contributed by atoms with Crippen LogP contribution in [0.1, 0.15) is 54.6 Å². The summed E-state index contributed by atoms with van der Waals surface area (Å²) in [5, 5.41) is 5.89. The van der Waals surface area contributed by atoms with Crippen molar-refractivity contribution in [2.45, 2.75) is 58.2 Å². The van der Waals surface area contributed by atoms with Crippen LogP contribution in [0.3, 0.4) is 0 Å². The predicted octanol–water partition coefficient (Wildman–Crippen LogP) is 3.52. The first-order chi connectivity index (χ1) is 14.9. The van der Waals surface area contributed by atoms with Gasteiger partial charge in [-0.2, -0.15) is 0 Å². The molecule has 1 aliphatic carbocycles. The quantitative estimate of drug-likeness (QED) is 0.752. The molecule has 1 saturated carbocycles. The summed E-state index contributed by atoms with van der Waals surface area (Å²) >= 11 is 0. The lowest BCUT2D eigenvalue weighted by Crippen LogP contribution is -2.50. The van der Waals surface area contributed by atoms with E-state index >= 15 is 0 Å². The molecular formula is C25H29N3O3.